The summed E-state index contributed by atoms with van der Waals surface area (Å²) >= 11 is 1.62. The van der Waals surface area contributed by atoms with Crippen LogP contribution in [0.3, 0.4) is 0 Å². The Morgan fingerprint density at radius 1 is 1.18 bits per heavy atom. The van der Waals surface area contributed by atoms with Crippen molar-refractivity contribution in [1.29, 1.82) is 5.26 Å². The largest absolute Gasteiger partial charge is 0.300 e. The molecule has 200 valence electrons. The first-order valence-corrected chi connectivity index (χ1v) is 14.4. The Morgan fingerprint density at radius 3 is 2.72 bits per heavy atom. The number of hydrogen-bond acceptors (Lipinski definition) is 7. The summed E-state index contributed by atoms with van der Waals surface area (Å²) < 4.78 is 1.75. The number of carbonyl (C=O) groups is 1. The van der Waals surface area contributed by atoms with E-state index in [0.717, 1.165) is 54.9 Å². The minimum Gasteiger partial charge on any atom is -0.300 e. The van der Waals surface area contributed by atoms with Gasteiger partial charge in [-0.05, 0) is 75.0 Å². The van der Waals surface area contributed by atoms with Crippen LogP contribution in [0.4, 0.5) is 5.13 Å². The highest BCUT2D eigenvalue weighted by molar-refractivity contribution is 7.15. The standard InChI is InChI=1S/C30H33N7OS/c1-3-14-36(15-4-2)25-12-13-26-28(17-25)39-30(32-26)33-29(38)24-7-5-6-22(16-24)19-37-20-27(34-35-37)23-10-8-21(18-31)9-11-23/h5-11,16,20,25H,3-4,12-15,17,19H2,1-2H3,(H,32,33,38)/t25-/m0/s1. The molecule has 5 rings (SSSR count). The van der Waals surface area contributed by atoms with E-state index >= 15 is 0 Å². The van der Waals surface area contributed by atoms with E-state index in [1.165, 1.54) is 17.7 Å². The molecular formula is C30H33N7OS. The molecule has 39 heavy (non-hydrogen) atoms. The second-order valence-corrected chi connectivity index (χ2v) is 11.1. The van der Waals surface area contributed by atoms with Crippen molar-refractivity contribution in [3.63, 3.8) is 0 Å². The van der Waals surface area contributed by atoms with Crippen molar-refractivity contribution >= 4 is 22.4 Å². The maximum atomic E-state index is 13.1. The number of fused-ring (bicyclic) bond motifs is 1. The number of hydrogen-bond donors (Lipinski definition) is 1. The van der Waals surface area contributed by atoms with E-state index in [2.05, 4.69) is 40.4 Å². The first kappa shape index (κ1) is 26.7. The maximum Gasteiger partial charge on any atom is 0.257 e. The molecule has 0 unspecified atom stereocenters. The molecule has 9 heteroatoms. The Morgan fingerprint density at radius 2 is 1.97 bits per heavy atom. The number of rotatable bonds is 10. The van der Waals surface area contributed by atoms with Crippen molar-refractivity contribution in [3.05, 3.63) is 82.0 Å². The molecule has 2 heterocycles. The van der Waals surface area contributed by atoms with E-state index in [1.54, 1.807) is 28.2 Å². The number of nitrogens with one attached hydrogen (secondary N) is 1. The van der Waals surface area contributed by atoms with Gasteiger partial charge in [-0.3, -0.25) is 10.1 Å². The second kappa shape index (κ2) is 12.3. The van der Waals surface area contributed by atoms with Crippen molar-refractivity contribution in [2.24, 2.45) is 0 Å². The first-order valence-electron chi connectivity index (χ1n) is 13.6. The van der Waals surface area contributed by atoms with Gasteiger partial charge in [-0.15, -0.1) is 16.4 Å². The summed E-state index contributed by atoms with van der Waals surface area (Å²) in [6.45, 7) is 7.25. The maximum absolute atomic E-state index is 13.1. The Labute approximate surface area is 233 Å². The molecule has 0 fully saturated rings. The second-order valence-electron chi connectivity index (χ2n) is 9.97. The van der Waals surface area contributed by atoms with Gasteiger partial charge in [0.25, 0.3) is 5.91 Å². The highest BCUT2D eigenvalue weighted by Crippen LogP contribution is 2.32. The topological polar surface area (TPSA) is 99.7 Å². The van der Waals surface area contributed by atoms with Crippen molar-refractivity contribution in [3.8, 4) is 17.3 Å². The summed E-state index contributed by atoms with van der Waals surface area (Å²) in [5, 5.41) is 21.2. The van der Waals surface area contributed by atoms with Gasteiger partial charge in [-0.1, -0.05) is 43.3 Å². The lowest BCUT2D eigenvalue weighted by molar-refractivity contribution is 0.102. The van der Waals surface area contributed by atoms with Crippen LogP contribution in [0.25, 0.3) is 11.3 Å². The van der Waals surface area contributed by atoms with Crippen LogP contribution in [0.2, 0.25) is 0 Å². The van der Waals surface area contributed by atoms with Crippen LogP contribution in [-0.4, -0.2) is 49.9 Å². The highest BCUT2D eigenvalue weighted by Gasteiger charge is 2.26. The molecule has 1 atom stereocenters. The predicted octanol–water partition coefficient (Wildman–Crippen LogP) is 5.55. The molecule has 2 aromatic carbocycles. The van der Waals surface area contributed by atoms with Gasteiger partial charge in [0.15, 0.2) is 5.13 Å². The van der Waals surface area contributed by atoms with Gasteiger partial charge in [0.05, 0.1) is 30.1 Å². The Hall–Kier alpha value is -3.87. The SMILES string of the molecule is CCCN(CCC)[C@H]1CCc2nc(NC(=O)c3cccc(Cn4cc(-c5ccc(C#N)cc5)nn4)c3)sc2C1. The fourth-order valence-corrected chi connectivity index (χ4v) is 6.24. The zero-order chi connectivity index (χ0) is 27.2. The molecule has 0 spiro atoms. The molecule has 8 nitrogen and oxygen atoms in total. The summed E-state index contributed by atoms with van der Waals surface area (Å²) in [6.07, 6.45) is 7.31. The number of nitriles is 1. The van der Waals surface area contributed by atoms with Gasteiger partial charge in [-0.25, -0.2) is 9.67 Å². The number of aromatic nitrogens is 4. The van der Waals surface area contributed by atoms with Crippen LogP contribution < -0.4 is 5.32 Å². The first-order chi connectivity index (χ1) is 19.1. The third kappa shape index (κ3) is 6.41. The molecule has 1 N–H and O–H groups in total. The van der Waals surface area contributed by atoms with Crippen molar-refractivity contribution < 1.29 is 4.79 Å². The van der Waals surface area contributed by atoms with Crippen LogP contribution in [0.5, 0.6) is 0 Å². The monoisotopic (exact) mass is 539 g/mol. The van der Waals surface area contributed by atoms with Crippen molar-refractivity contribution in [1.82, 2.24) is 24.9 Å². The van der Waals surface area contributed by atoms with Crippen LogP contribution in [0, 0.1) is 11.3 Å². The lowest BCUT2D eigenvalue weighted by Crippen LogP contribution is -2.40. The van der Waals surface area contributed by atoms with E-state index < -0.39 is 0 Å². The third-order valence-corrected chi connectivity index (χ3v) is 8.09. The number of amides is 1. The lowest BCUT2D eigenvalue weighted by Gasteiger charge is -2.33. The number of anilines is 1. The van der Waals surface area contributed by atoms with Crippen LogP contribution in [-0.2, 0) is 19.4 Å². The fraction of sp³-hybridized carbons (Fsp3) is 0.367. The van der Waals surface area contributed by atoms with E-state index in [9.17, 15) is 4.79 Å². The minimum absolute atomic E-state index is 0.157. The molecule has 1 amide bonds. The van der Waals surface area contributed by atoms with E-state index in [-0.39, 0.29) is 5.91 Å². The summed E-state index contributed by atoms with van der Waals surface area (Å²) in [5.74, 6) is -0.157. The van der Waals surface area contributed by atoms with Crippen LogP contribution in [0.15, 0.2) is 54.7 Å². The van der Waals surface area contributed by atoms with Crippen molar-refractivity contribution in [2.45, 2.75) is 58.5 Å². The molecule has 1 aliphatic carbocycles. The van der Waals surface area contributed by atoms with E-state index in [4.69, 9.17) is 10.2 Å². The van der Waals surface area contributed by atoms with Gasteiger partial charge in [0, 0.05) is 22.0 Å². The van der Waals surface area contributed by atoms with Gasteiger partial charge in [0.2, 0.25) is 0 Å². The molecule has 0 saturated carbocycles. The molecule has 1 aliphatic rings. The zero-order valence-corrected chi connectivity index (χ0v) is 23.2. The zero-order valence-electron chi connectivity index (χ0n) is 22.4. The number of benzene rings is 2. The average molecular weight is 540 g/mol. The molecular weight excluding hydrogens is 506 g/mol. The van der Waals surface area contributed by atoms with Crippen LogP contribution in [0.1, 0.15) is 65.2 Å². The number of aryl methyl sites for hydroxylation is 1. The molecule has 2 aromatic heterocycles. The van der Waals surface area contributed by atoms with E-state index in [0.29, 0.717) is 28.8 Å². The van der Waals surface area contributed by atoms with Gasteiger partial charge in [0.1, 0.15) is 5.69 Å². The fourth-order valence-electron chi connectivity index (χ4n) is 5.16. The Balaban J connectivity index is 1.22. The highest BCUT2D eigenvalue weighted by atomic mass is 32.1. The summed E-state index contributed by atoms with van der Waals surface area (Å²) in [7, 11) is 0. The number of carbonyl (C=O) groups excluding carboxylic acids is 1. The van der Waals surface area contributed by atoms with Crippen molar-refractivity contribution in [2.75, 3.05) is 18.4 Å². The minimum atomic E-state index is -0.157. The third-order valence-electron chi connectivity index (χ3n) is 7.05. The summed E-state index contributed by atoms with van der Waals surface area (Å²) in [6, 6.07) is 17.5. The van der Waals surface area contributed by atoms with Gasteiger partial charge < -0.3 is 4.90 Å². The van der Waals surface area contributed by atoms with Crippen LogP contribution >= 0.6 is 11.3 Å². The normalized spacial score (nSPS) is 14.7. The lowest BCUT2D eigenvalue weighted by atomic mass is 9.96. The molecule has 0 aliphatic heterocycles. The number of nitrogens with zero attached hydrogens (tertiary/aromatic N) is 6. The predicted molar refractivity (Wildman–Crippen MR) is 154 cm³/mol. The molecule has 4 aromatic rings. The summed E-state index contributed by atoms with van der Waals surface area (Å²) in [5.41, 5.74) is 4.91. The van der Waals surface area contributed by atoms with E-state index in [1.807, 2.05) is 42.6 Å². The summed E-state index contributed by atoms with van der Waals surface area (Å²) in [4.78, 5) is 21.8. The quantitative estimate of drug-likeness (QED) is 0.284. The molecule has 0 radical (unpaired) electrons. The Kier molecular flexibility index (Phi) is 8.45. The Bertz CT molecular complexity index is 1460. The van der Waals surface area contributed by atoms with Gasteiger partial charge >= 0.3 is 0 Å². The smallest absolute Gasteiger partial charge is 0.257 e. The average Bonchev–Trinajstić information content (AvgIpc) is 3.59. The van der Waals surface area contributed by atoms with Gasteiger partial charge in [-0.2, -0.15) is 5.26 Å². The molecule has 0 saturated heterocycles. The molecule has 0 bridgehead atoms. The number of thiazole rings is 1.